The molecule has 13 nitrogen and oxygen atoms in total. The zero-order chi connectivity index (χ0) is 26.5. The van der Waals surface area contributed by atoms with Gasteiger partial charge in [-0.25, -0.2) is 0 Å². The van der Waals surface area contributed by atoms with Gasteiger partial charge in [-0.15, -0.1) is 0 Å². The van der Waals surface area contributed by atoms with Crippen molar-refractivity contribution < 1.29 is 52.4 Å². The molecule has 0 bridgehead atoms. The summed E-state index contributed by atoms with van der Waals surface area (Å²) in [5, 5.41) is 5.21. The topological polar surface area (TPSA) is 165 Å². The zero-order valence-corrected chi connectivity index (χ0v) is 20.6. The van der Waals surface area contributed by atoms with Crippen molar-refractivity contribution in [2.75, 3.05) is 33.0 Å². The Morgan fingerprint density at radius 2 is 1.49 bits per heavy atom. The minimum Gasteiger partial charge on any atom is -0.463 e. The summed E-state index contributed by atoms with van der Waals surface area (Å²) in [4.78, 5) is 58.2. The molecule has 1 aliphatic heterocycles. The summed E-state index contributed by atoms with van der Waals surface area (Å²) < 4.78 is 32.7. The van der Waals surface area contributed by atoms with Gasteiger partial charge in [-0.3, -0.25) is 24.0 Å². The molecule has 1 rings (SSSR count). The predicted octanol–water partition coefficient (Wildman–Crippen LogP) is -0.632. The van der Waals surface area contributed by atoms with Crippen molar-refractivity contribution in [1.29, 1.82) is 0 Å². The van der Waals surface area contributed by atoms with Crippen LogP contribution in [0.4, 0.5) is 0 Å². The fourth-order valence-corrected chi connectivity index (χ4v) is 3.15. The summed E-state index contributed by atoms with van der Waals surface area (Å²) in [7, 11) is 0. The molecular formula is C22H34N2O11. The summed E-state index contributed by atoms with van der Waals surface area (Å²) >= 11 is 0. The third-order valence-electron chi connectivity index (χ3n) is 4.50. The minimum atomic E-state index is -1.20. The first kappa shape index (κ1) is 30.0. The van der Waals surface area contributed by atoms with Crippen molar-refractivity contribution in [2.45, 2.75) is 65.3 Å². The van der Waals surface area contributed by atoms with Crippen LogP contribution in [0, 0.1) is 0 Å². The van der Waals surface area contributed by atoms with Crippen molar-refractivity contribution in [3.8, 4) is 0 Å². The first-order chi connectivity index (χ1) is 16.4. The average molecular weight is 503 g/mol. The van der Waals surface area contributed by atoms with Crippen molar-refractivity contribution in [1.82, 2.24) is 10.6 Å². The molecule has 5 atom stereocenters. The lowest BCUT2D eigenvalue weighted by atomic mass is 9.96. The molecule has 2 N–H and O–H groups in total. The smallest absolute Gasteiger partial charge is 0.303 e. The van der Waals surface area contributed by atoms with E-state index < -0.39 is 54.5 Å². The quantitative estimate of drug-likeness (QED) is 0.142. The summed E-state index contributed by atoms with van der Waals surface area (Å²) in [5.74, 6) is -2.76. The van der Waals surface area contributed by atoms with Gasteiger partial charge in [-0.05, 0) is 6.92 Å². The number of hydrogen-bond acceptors (Lipinski definition) is 11. The Balaban J connectivity index is 2.91. The largest absolute Gasteiger partial charge is 0.463 e. The van der Waals surface area contributed by atoms with Crippen LogP contribution in [-0.4, -0.2) is 93.3 Å². The molecule has 35 heavy (non-hydrogen) atoms. The highest BCUT2D eigenvalue weighted by atomic mass is 16.7. The Labute approximate surface area is 203 Å². The SMILES string of the molecule is C=C(C)C(=O)NCCOCCO[C@@H]1OC(COC(C)=O)[C@@H](OC(C)=O)C(OC(C)=O)C1NC(C)=O. The summed E-state index contributed by atoms with van der Waals surface area (Å²) in [6, 6.07) is -1.05. The van der Waals surface area contributed by atoms with Gasteiger partial charge in [0.25, 0.3) is 0 Å². The molecule has 0 aliphatic carbocycles. The maximum absolute atomic E-state index is 11.9. The number of esters is 3. The summed E-state index contributed by atoms with van der Waals surface area (Å²) in [5.41, 5.74) is 0.379. The zero-order valence-electron chi connectivity index (χ0n) is 20.6. The van der Waals surface area contributed by atoms with Gasteiger partial charge in [0.2, 0.25) is 11.8 Å². The van der Waals surface area contributed by atoms with Gasteiger partial charge in [-0.2, -0.15) is 0 Å². The van der Waals surface area contributed by atoms with Crippen LogP contribution in [0.1, 0.15) is 34.6 Å². The van der Waals surface area contributed by atoms with Crippen LogP contribution < -0.4 is 10.6 Å². The van der Waals surface area contributed by atoms with E-state index >= 15 is 0 Å². The van der Waals surface area contributed by atoms with E-state index in [0.29, 0.717) is 5.57 Å². The molecule has 198 valence electrons. The standard InChI is InChI=1S/C22H34N2O11/c1-12(2)21(29)23-7-8-30-9-10-31-22-18(24-13(3)25)20(34-16(6)28)19(33-15(5)27)17(35-22)11-32-14(4)26/h17-20,22H,1,7-11H2,2-6H3,(H,23,29)(H,24,25)/t17?,18?,19-,20?,22-/m1/s1. The van der Waals surface area contributed by atoms with E-state index in [-0.39, 0.29) is 38.9 Å². The second-order valence-electron chi connectivity index (χ2n) is 7.74. The molecule has 1 aliphatic rings. The van der Waals surface area contributed by atoms with Crippen molar-refractivity contribution in [3.63, 3.8) is 0 Å². The maximum Gasteiger partial charge on any atom is 0.303 e. The van der Waals surface area contributed by atoms with Crippen molar-refractivity contribution >= 4 is 29.7 Å². The Morgan fingerprint density at radius 3 is 2.03 bits per heavy atom. The third kappa shape index (κ3) is 11.3. The molecule has 1 saturated heterocycles. The number of carbonyl (C=O) groups is 5. The van der Waals surface area contributed by atoms with E-state index in [4.69, 9.17) is 28.4 Å². The van der Waals surface area contributed by atoms with E-state index in [2.05, 4.69) is 17.2 Å². The molecule has 0 radical (unpaired) electrons. The number of rotatable bonds is 13. The van der Waals surface area contributed by atoms with Crippen LogP contribution in [0.2, 0.25) is 0 Å². The number of carbonyl (C=O) groups excluding carboxylic acids is 5. The first-order valence-electron chi connectivity index (χ1n) is 11.0. The number of ether oxygens (including phenoxy) is 6. The maximum atomic E-state index is 11.9. The Hall–Kier alpha value is -3.03. The monoisotopic (exact) mass is 502 g/mol. The van der Waals surface area contributed by atoms with Crippen LogP contribution in [0.3, 0.4) is 0 Å². The van der Waals surface area contributed by atoms with E-state index in [9.17, 15) is 24.0 Å². The summed E-state index contributed by atoms with van der Waals surface area (Å²) in [6.45, 7) is 10.1. The second kappa shape index (κ2) is 15.1. The molecule has 0 aromatic carbocycles. The molecule has 2 amide bonds. The Morgan fingerprint density at radius 1 is 0.857 bits per heavy atom. The molecule has 0 spiro atoms. The lowest BCUT2D eigenvalue weighted by Gasteiger charge is -2.44. The highest BCUT2D eigenvalue weighted by Gasteiger charge is 2.51. The third-order valence-corrected chi connectivity index (χ3v) is 4.50. The van der Waals surface area contributed by atoms with Gasteiger partial charge >= 0.3 is 17.9 Å². The van der Waals surface area contributed by atoms with E-state index in [0.717, 1.165) is 13.8 Å². The molecular weight excluding hydrogens is 468 g/mol. The first-order valence-corrected chi connectivity index (χ1v) is 11.0. The predicted molar refractivity (Wildman–Crippen MR) is 119 cm³/mol. The van der Waals surface area contributed by atoms with Gasteiger partial charge < -0.3 is 39.1 Å². The fourth-order valence-electron chi connectivity index (χ4n) is 3.15. The Kier molecular flexibility index (Phi) is 12.9. The summed E-state index contributed by atoms with van der Waals surface area (Å²) in [6.07, 6.45) is -4.61. The minimum absolute atomic E-state index is 0.000489. The number of nitrogens with one attached hydrogen (secondary N) is 2. The molecule has 0 saturated carbocycles. The molecule has 3 unspecified atom stereocenters. The van der Waals surface area contributed by atoms with E-state index in [1.54, 1.807) is 6.92 Å². The lowest BCUT2D eigenvalue weighted by molar-refractivity contribution is -0.279. The van der Waals surface area contributed by atoms with Crippen LogP contribution in [0.15, 0.2) is 12.2 Å². The molecule has 13 heteroatoms. The Bertz CT molecular complexity index is 785. The van der Waals surface area contributed by atoms with Gasteiger partial charge in [0.1, 0.15) is 18.8 Å². The van der Waals surface area contributed by atoms with Crippen molar-refractivity contribution in [3.05, 3.63) is 12.2 Å². The van der Waals surface area contributed by atoms with Crippen LogP contribution in [-0.2, 0) is 52.4 Å². The van der Waals surface area contributed by atoms with Gasteiger partial charge in [0, 0.05) is 39.8 Å². The van der Waals surface area contributed by atoms with E-state index in [1.165, 1.54) is 13.8 Å². The second-order valence-corrected chi connectivity index (χ2v) is 7.74. The molecule has 0 aromatic rings. The highest BCUT2D eigenvalue weighted by molar-refractivity contribution is 5.92. The molecule has 1 fully saturated rings. The van der Waals surface area contributed by atoms with Gasteiger partial charge in [-0.1, -0.05) is 6.58 Å². The average Bonchev–Trinajstić information content (AvgIpc) is 2.74. The number of hydrogen-bond donors (Lipinski definition) is 2. The molecule has 1 heterocycles. The van der Waals surface area contributed by atoms with Crippen LogP contribution in [0.5, 0.6) is 0 Å². The van der Waals surface area contributed by atoms with E-state index in [1.807, 2.05) is 0 Å². The normalized spacial score (nSPS) is 23.5. The highest BCUT2D eigenvalue weighted by Crippen LogP contribution is 2.28. The van der Waals surface area contributed by atoms with Crippen LogP contribution >= 0.6 is 0 Å². The van der Waals surface area contributed by atoms with Crippen LogP contribution in [0.25, 0.3) is 0 Å². The van der Waals surface area contributed by atoms with Crippen molar-refractivity contribution in [2.24, 2.45) is 0 Å². The van der Waals surface area contributed by atoms with Gasteiger partial charge in [0.05, 0.1) is 19.8 Å². The fraction of sp³-hybridized carbons (Fsp3) is 0.682. The lowest BCUT2D eigenvalue weighted by Crippen LogP contribution is -2.66. The van der Waals surface area contributed by atoms with Gasteiger partial charge in [0.15, 0.2) is 18.5 Å². The molecule has 0 aromatic heterocycles. The number of amides is 2.